The Kier molecular flexibility index (Phi) is 7.07. The summed E-state index contributed by atoms with van der Waals surface area (Å²) in [4.78, 5) is 0. The van der Waals surface area contributed by atoms with Crippen molar-refractivity contribution in [2.75, 3.05) is 0 Å². The average Bonchev–Trinajstić information content (AvgIpc) is 2.58. The highest BCUT2D eigenvalue weighted by Gasteiger charge is 2.56. The van der Waals surface area contributed by atoms with Gasteiger partial charge in [0.05, 0.1) is 0 Å². The van der Waals surface area contributed by atoms with Crippen LogP contribution in [0.3, 0.4) is 0 Å². The molecule has 0 nitrogen and oxygen atoms in total. The molecule has 0 aliphatic heterocycles. The minimum atomic E-state index is 0.379. The van der Waals surface area contributed by atoms with Crippen molar-refractivity contribution in [3.63, 3.8) is 0 Å². The van der Waals surface area contributed by atoms with Crippen molar-refractivity contribution in [3.05, 3.63) is 0 Å². The van der Waals surface area contributed by atoms with Crippen LogP contribution in [-0.4, -0.2) is 0 Å². The van der Waals surface area contributed by atoms with Gasteiger partial charge in [-0.15, -0.1) is 0 Å². The molecular formula is C31H60. The monoisotopic (exact) mass is 432 g/mol. The van der Waals surface area contributed by atoms with E-state index < -0.39 is 0 Å². The molecule has 2 rings (SSSR count). The Morgan fingerprint density at radius 2 is 0.581 bits per heavy atom. The molecule has 0 aromatic heterocycles. The van der Waals surface area contributed by atoms with Crippen LogP contribution in [0.4, 0.5) is 0 Å². The summed E-state index contributed by atoms with van der Waals surface area (Å²) >= 11 is 0. The molecule has 0 spiro atoms. The van der Waals surface area contributed by atoms with Crippen LogP contribution in [0.15, 0.2) is 0 Å². The van der Waals surface area contributed by atoms with E-state index in [2.05, 4.69) is 96.9 Å². The lowest BCUT2D eigenvalue weighted by molar-refractivity contribution is -0.111. The molecule has 0 aromatic rings. The minimum Gasteiger partial charge on any atom is -0.0596 e. The van der Waals surface area contributed by atoms with Gasteiger partial charge in [-0.25, -0.2) is 0 Å². The lowest BCUT2D eigenvalue weighted by Crippen LogP contribution is -2.52. The van der Waals surface area contributed by atoms with Gasteiger partial charge in [0.15, 0.2) is 0 Å². The maximum atomic E-state index is 2.64. The van der Waals surface area contributed by atoms with Gasteiger partial charge in [-0.05, 0) is 101 Å². The molecule has 0 unspecified atom stereocenters. The third kappa shape index (κ3) is 4.54. The van der Waals surface area contributed by atoms with Crippen LogP contribution in [0.5, 0.6) is 0 Å². The van der Waals surface area contributed by atoms with E-state index in [0.29, 0.717) is 37.9 Å². The molecule has 0 amide bonds. The fraction of sp³-hybridized carbons (Fsp3) is 1.00. The Bertz CT molecular complexity index is 502. The second-order valence-corrected chi connectivity index (χ2v) is 16.5. The van der Waals surface area contributed by atoms with Crippen molar-refractivity contribution in [2.24, 2.45) is 49.7 Å². The third-order valence-corrected chi connectivity index (χ3v) is 11.5. The summed E-state index contributed by atoms with van der Waals surface area (Å²) in [5.74, 6) is 1.79. The molecule has 2 fully saturated rings. The Morgan fingerprint density at radius 3 is 0.742 bits per heavy atom. The van der Waals surface area contributed by atoms with Gasteiger partial charge in [0.1, 0.15) is 0 Å². The summed E-state index contributed by atoms with van der Waals surface area (Å²) in [6.07, 6.45) is 11.4. The first-order valence-corrected chi connectivity index (χ1v) is 13.6. The predicted molar refractivity (Wildman–Crippen MR) is 140 cm³/mol. The fourth-order valence-electron chi connectivity index (χ4n) is 9.29. The molecule has 2 aliphatic rings. The molecule has 0 N–H and O–H groups in total. The quantitative estimate of drug-likeness (QED) is 0.407. The van der Waals surface area contributed by atoms with Gasteiger partial charge in [-0.2, -0.15) is 0 Å². The Hall–Kier alpha value is 0. The lowest BCUT2D eigenvalue weighted by Gasteiger charge is -2.61. The average molecular weight is 433 g/mol. The molecule has 31 heavy (non-hydrogen) atoms. The second-order valence-electron chi connectivity index (χ2n) is 16.5. The van der Waals surface area contributed by atoms with Crippen LogP contribution in [0.2, 0.25) is 0 Å². The van der Waals surface area contributed by atoms with E-state index in [-0.39, 0.29) is 0 Å². The summed E-state index contributed by atoms with van der Waals surface area (Å²) < 4.78 is 0. The van der Waals surface area contributed by atoms with E-state index in [1.165, 1.54) is 51.4 Å². The van der Waals surface area contributed by atoms with Gasteiger partial charge in [0.25, 0.3) is 0 Å². The third-order valence-electron chi connectivity index (χ3n) is 11.5. The predicted octanol–water partition coefficient (Wildman–Crippen LogP) is 10.6. The van der Waals surface area contributed by atoms with Crippen molar-refractivity contribution in [1.29, 1.82) is 0 Å². The zero-order valence-corrected chi connectivity index (χ0v) is 24.3. The van der Waals surface area contributed by atoms with E-state index in [0.717, 1.165) is 11.8 Å². The summed E-state index contributed by atoms with van der Waals surface area (Å²) in [7, 11) is 0. The molecule has 2 aliphatic carbocycles. The van der Waals surface area contributed by atoms with Gasteiger partial charge >= 0.3 is 0 Å². The van der Waals surface area contributed by atoms with Crippen LogP contribution in [0.1, 0.15) is 148 Å². The molecule has 0 atom stereocenters. The first kappa shape index (κ1) is 27.2. The fourth-order valence-corrected chi connectivity index (χ4v) is 9.29. The van der Waals surface area contributed by atoms with Crippen LogP contribution in [0.25, 0.3) is 0 Å². The van der Waals surface area contributed by atoms with Gasteiger partial charge in [0, 0.05) is 0 Å². The van der Waals surface area contributed by atoms with Crippen LogP contribution < -0.4 is 0 Å². The van der Waals surface area contributed by atoms with Crippen molar-refractivity contribution in [3.8, 4) is 0 Å². The van der Waals surface area contributed by atoms with Gasteiger partial charge in [-0.3, -0.25) is 0 Å². The van der Waals surface area contributed by atoms with E-state index in [1.54, 1.807) is 0 Å². The summed E-state index contributed by atoms with van der Waals surface area (Å²) in [6.45, 7) is 35.3. The second kappa shape index (κ2) is 8.05. The van der Waals surface area contributed by atoms with E-state index in [4.69, 9.17) is 0 Å². The Balaban J connectivity index is 2.17. The van der Waals surface area contributed by atoms with Crippen molar-refractivity contribution < 1.29 is 0 Å². The van der Waals surface area contributed by atoms with Crippen LogP contribution >= 0.6 is 0 Å². The van der Waals surface area contributed by atoms with Gasteiger partial charge in [-0.1, -0.05) is 96.9 Å². The van der Waals surface area contributed by atoms with Crippen molar-refractivity contribution in [2.45, 2.75) is 148 Å². The maximum Gasteiger partial charge on any atom is -0.0200 e. The minimum absolute atomic E-state index is 0.379. The molecule has 184 valence electrons. The van der Waals surface area contributed by atoms with Crippen LogP contribution in [0, 0.1) is 49.7 Å². The Labute approximate surface area is 198 Å². The highest BCUT2D eigenvalue weighted by atomic mass is 14.6. The largest absolute Gasteiger partial charge is 0.0596 e. The van der Waals surface area contributed by atoms with Crippen LogP contribution in [-0.2, 0) is 0 Å². The summed E-state index contributed by atoms with van der Waals surface area (Å²) in [6, 6.07) is 0. The first-order valence-electron chi connectivity index (χ1n) is 13.6. The molecule has 0 bridgehead atoms. The maximum absolute atomic E-state index is 2.64. The van der Waals surface area contributed by atoms with Crippen molar-refractivity contribution >= 4 is 0 Å². The SMILES string of the molecule is CC(C)(C1CCC(C(C)(C)C)(C(C)(C)C)CC1)C1CCC(C(C)(C)C)(C(C)(C)C)CC1. The molecule has 0 saturated heterocycles. The Morgan fingerprint density at radius 1 is 0.387 bits per heavy atom. The topological polar surface area (TPSA) is 0 Å². The number of hydrogen-bond donors (Lipinski definition) is 0. The zero-order chi connectivity index (χ0) is 24.3. The van der Waals surface area contributed by atoms with Gasteiger partial charge in [0.2, 0.25) is 0 Å². The molecule has 0 heteroatoms. The lowest BCUT2D eigenvalue weighted by atomic mass is 9.44. The highest BCUT2D eigenvalue weighted by Crippen LogP contribution is 2.65. The highest BCUT2D eigenvalue weighted by molar-refractivity contribution is 5.05. The summed E-state index contributed by atoms with van der Waals surface area (Å²) in [5, 5.41) is 0. The molecule has 0 aromatic carbocycles. The van der Waals surface area contributed by atoms with E-state index in [9.17, 15) is 0 Å². The normalized spacial score (nSPS) is 25.0. The molecular weight excluding hydrogens is 372 g/mol. The zero-order valence-electron chi connectivity index (χ0n) is 24.3. The standard InChI is InChI=1S/C31H60/c1-25(2,3)30(26(4,5)6)19-15-23(16-20-30)29(13,14)24-17-21-31(22-18-24,27(7,8)9)28(10,11)12/h23-24H,15-22H2,1-14H3. The molecule has 0 radical (unpaired) electrons. The smallest absolute Gasteiger partial charge is 0.0200 e. The van der Waals surface area contributed by atoms with E-state index >= 15 is 0 Å². The van der Waals surface area contributed by atoms with E-state index in [1.807, 2.05) is 0 Å². The van der Waals surface area contributed by atoms with Crippen molar-refractivity contribution in [1.82, 2.24) is 0 Å². The number of rotatable bonds is 2. The summed E-state index contributed by atoms with van der Waals surface area (Å²) in [5.41, 5.74) is 2.92. The van der Waals surface area contributed by atoms with Gasteiger partial charge < -0.3 is 0 Å². The molecule has 2 saturated carbocycles. The first-order chi connectivity index (χ1) is 13.6. The molecule has 0 heterocycles. The number of hydrogen-bond acceptors (Lipinski definition) is 0.